The largest absolute Gasteiger partial charge is 0.352 e. The van der Waals surface area contributed by atoms with Gasteiger partial charge in [-0.15, -0.1) is 0 Å². The van der Waals surface area contributed by atoms with Gasteiger partial charge in [-0.2, -0.15) is 5.10 Å². The molecule has 1 amide bonds. The molecule has 0 unspecified atom stereocenters. The van der Waals surface area contributed by atoms with Gasteiger partial charge in [0.1, 0.15) is 0 Å². The minimum absolute atomic E-state index is 0.0325. The summed E-state index contributed by atoms with van der Waals surface area (Å²) in [6.07, 6.45) is 1.60. The fourth-order valence-electron chi connectivity index (χ4n) is 2.92. The van der Waals surface area contributed by atoms with Crippen LogP contribution in [-0.4, -0.2) is 44.6 Å². The highest BCUT2D eigenvalue weighted by atomic mass is 32.2. The van der Waals surface area contributed by atoms with Gasteiger partial charge in [0, 0.05) is 30.8 Å². The molecular formula is C16H21N3O3S. The number of hydrogen-bond acceptors (Lipinski definition) is 5. The summed E-state index contributed by atoms with van der Waals surface area (Å²) in [6, 6.07) is 7.33. The molecule has 0 aliphatic carbocycles. The van der Waals surface area contributed by atoms with E-state index in [2.05, 4.69) is 10.4 Å². The van der Waals surface area contributed by atoms with Crippen LogP contribution in [-0.2, 0) is 9.84 Å². The van der Waals surface area contributed by atoms with Crippen LogP contribution in [0.15, 0.2) is 29.4 Å². The highest BCUT2D eigenvalue weighted by Gasteiger charge is 2.28. The predicted molar refractivity (Wildman–Crippen MR) is 90.6 cm³/mol. The Balaban J connectivity index is 1.56. The van der Waals surface area contributed by atoms with Crippen LogP contribution < -0.4 is 10.3 Å². The summed E-state index contributed by atoms with van der Waals surface area (Å²) in [5, 5.41) is 9.19. The van der Waals surface area contributed by atoms with Crippen molar-refractivity contribution in [1.29, 1.82) is 0 Å². The molecule has 7 heteroatoms. The summed E-state index contributed by atoms with van der Waals surface area (Å²) in [4.78, 5) is 12.1. The Kier molecular flexibility index (Phi) is 4.39. The lowest BCUT2D eigenvalue weighted by Gasteiger charge is -2.14. The Labute approximate surface area is 136 Å². The van der Waals surface area contributed by atoms with Gasteiger partial charge in [-0.05, 0) is 43.5 Å². The maximum absolute atomic E-state index is 12.1. The maximum Gasteiger partial charge on any atom is 0.251 e. The molecule has 2 aliphatic heterocycles. The number of hydrazone groups is 1. The lowest BCUT2D eigenvalue weighted by Crippen LogP contribution is -2.29. The van der Waals surface area contributed by atoms with Crippen molar-refractivity contribution in [3.05, 3.63) is 29.8 Å². The number of hydrogen-bond donors (Lipinski definition) is 1. The molecule has 3 rings (SSSR count). The number of amides is 1. The number of nitrogens with zero attached hydrogens (tertiary/aromatic N) is 2. The van der Waals surface area contributed by atoms with Crippen molar-refractivity contribution >= 4 is 27.1 Å². The highest BCUT2D eigenvalue weighted by Crippen LogP contribution is 2.20. The molecule has 124 valence electrons. The van der Waals surface area contributed by atoms with Gasteiger partial charge in [0.05, 0.1) is 17.2 Å². The molecule has 1 aromatic rings. The molecule has 0 saturated carbocycles. The van der Waals surface area contributed by atoms with Crippen LogP contribution >= 0.6 is 0 Å². The average molecular weight is 335 g/mol. The number of sulfone groups is 1. The quantitative estimate of drug-likeness (QED) is 0.903. The Bertz CT molecular complexity index is 725. The summed E-state index contributed by atoms with van der Waals surface area (Å²) in [6.45, 7) is 3.29. The number of benzene rings is 1. The number of anilines is 1. The molecule has 1 atom stereocenters. The summed E-state index contributed by atoms with van der Waals surface area (Å²) in [7, 11) is -2.90. The zero-order valence-electron chi connectivity index (χ0n) is 13.2. The molecule has 1 fully saturated rings. The van der Waals surface area contributed by atoms with Gasteiger partial charge < -0.3 is 5.32 Å². The first-order chi connectivity index (χ1) is 10.9. The lowest BCUT2D eigenvalue weighted by molar-refractivity contribution is 0.0948. The number of nitrogens with one attached hydrogen (secondary N) is 1. The van der Waals surface area contributed by atoms with E-state index in [0.29, 0.717) is 18.5 Å². The topological polar surface area (TPSA) is 78.8 Å². The number of rotatable bonds is 4. The van der Waals surface area contributed by atoms with Crippen LogP contribution in [0, 0.1) is 5.92 Å². The van der Waals surface area contributed by atoms with E-state index in [1.54, 1.807) is 12.1 Å². The van der Waals surface area contributed by atoms with E-state index in [4.69, 9.17) is 0 Å². The van der Waals surface area contributed by atoms with Crippen LogP contribution in [0.2, 0.25) is 0 Å². The van der Waals surface area contributed by atoms with Crippen molar-refractivity contribution in [2.24, 2.45) is 11.0 Å². The van der Waals surface area contributed by atoms with E-state index in [-0.39, 0.29) is 23.3 Å². The van der Waals surface area contributed by atoms with Gasteiger partial charge in [-0.3, -0.25) is 9.80 Å². The van der Waals surface area contributed by atoms with Gasteiger partial charge >= 0.3 is 0 Å². The molecule has 0 bridgehead atoms. The van der Waals surface area contributed by atoms with E-state index >= 15 is 0 Å². The molecule has 0 aromatic heterocycles. The monoisotopic (exact) mass is 335 g/mol. The van der Waals surface area contributed by atoms with Crippen LogP contribution in [0.3, 0.4) is 0 Å². The molecule has 0 spiro atoms. The standard InChI is InChI=1S/C16H21N3O3S/c1-12-6-8-19(18-12)15-4-2-14(3-5-15)16(20)17-10-13-7-9-23(21,22)11-13/h2-5,13H,6-11H2,1H3,(H,17,20)/t13-/m1/s1. The maximum atomic E-state index is 12.1. The van der Waals surface area contributed by atoms with Crippen molar-refractivity contribution in [2.45, 2.75) is 19.8 Å². The fourth-order valence-corrected chi connectivity index (χ4v) is 4.78. The SMILES string of the molecule is CC1=NN(c2ccc(C(=O)NC[C@H]3CCS(=O)(=O)C3)cc2)CC1. The molecular weight excluding hydrogens is 314 g/mol. The minimum atomic E-state index is -2.90. The van der Waals surface area contributed by atoms with Gasteiger partial charge in [0.15, 0.2) is 9.84 Å². The second-order valence-corrected chi connectivity index (χ2v) is 8.46. The molecule has 1 N–H and O–H groups in total. The van der Waals surface area contributed by atoms with Crippen LogP contribution in [0.4, 0.5) is 5.69 Å². The van der Waals surface area contributed by atoms with Gasteiger partial charge in [0.25, 0.3) is 5.91 Å². The Hall–Kier alpha value is -1.89. The second kappa shape index (κ2) is 6.31. The number of carbonyl (C=O) groups is 1. The summed E-state index contributed by atoms with van der Waals surface area (Å²) >= 11 is 0. The van der Waals surface area contributed by atoms with E-state index in [1.165, 1.54) is 0 Å². The van der Waals surface area contributed by atoms with Gasteiger partial charge in [-0.1, -0.05) is 0 Å². The Morgan fingerprint density at radius 1 is 1.35 bits per heavy atom. The van der Waals surface area contributed by atoms with Crippen molar-refractivity contribution in [2.75, 3.05) is 29.6 Å². The molecule has 2 heterocycles. The van der Waals surface area contributed by atoms with E-state index < -0.39 is 9.84 Å². The third-order valence-electron chi connectivity index (χ3n) is 4.28. The first-order valence-corrected chi connectivity index (χ1v) is 9.65. The predicted octanol–water partition coefficient (Wildman–Crippen LogP) is 1.44. The van der Waals surface area contributed by atoms with Crippen molar-refractivity contribution < 1.29 is 13.2 Å². The van der Waals surface area contributed by atoms with Crippen molar-refractivity contribution in [1.82, 2.24) is 5.32 Å². The zero-order chi connectivity index (χ0) is 16.4. The minimum Gasteiger partial charge on any atom is -0.352 e. The molecule has 6 nitrogen and oxygen atoms in total. The fraction of sp³-hybridized carbons (Fsp3) is 0.500. The zero-order valence-corrected chi connectivity index (χ0v) is 14.0. The van der Waals surface area contributed by atoms with E-state index in [9.17, 15) is 13.2 Å². The highest BCUT2D eigenvalue weighted by molar-refractivity contribution is 7.91. The molecule has 1 aromatic carbocycles. The second-order valence-electron chi connectivity index (χ2n) is 6.23. The first kappa shape index (κ1) is 16.0. The van der Waals surface area contributed by atoms with Gasteiger partial charge in [-0.25, -0.2) is 8.42 Å². The first-order valence-electron chi connectivity index (χ1n) is 7.83. The molecule has 23 heavy (non-hydrogen) atoms. The number of carbonyl (C=O) groups excluding carboxylic acids is 1. The Morgan fingerprint density at radius 2 is 2.09 bits per heavy atom. The molecule has 1 saturated heterocycles. The summed E-state index contributed by atoms with van der Waals surface area (Å²) in [5.41, 5.74) is 2.66. The average Bonchev–Trinajstić information content (AvgIpc) is 3.10. The third-order valence-corrected chi connectivity index (χ3v) is 6.12. The van der Waals surface area contributed by atoms with Crippen LogP contribution in [0.1, 0.15) is 30.1 Å². The third kappa shape index (κ3) is 3.90. The normalized spacial score (nSPS) is 22.9. The smallest absolute Gasteiger partial charge is 0.251 e. The van der Waals surface area contributed by atoms with E-state index in [1.807, 2.05) is 24.1 Å². The lowest BCUT2D eigenvalue weighted by atomic mass is 10.1. The molecule has 0 radical (unpaired) electrons. The van der Waals surface area contributed by atoms with Crippen molar-refractivity contribution in [3.63, 3.8) is 0 Å². The van der Waals surface area contributed by atoms with Crippen LogP contribution in [0.25, 0.3) is 0 Å². The Morgan fingerprint density at radius 3 is 2.65 bits per heavy atom. The van der Waals surface area contributed by atoms with Gasteiger partial charge in [0.2, 0.25) is 0 Å². The summed E-state index contributed by atoms with van der Waals surface area (Å²) in [5.74, 6) is 0.281. The van der Waals surface area contributed by atoms with Crippen molar-refractivity contribution in [3.8, 4) is 0 Å². The van der Waals surface area contributed by atoms with E-state index in [0.717, 1.165) is 24.4 Å². The van der Waals surface area contributed by atoms with Crippen LogP contribution in [0.5, 0.6) is 0 Å². The summed E-state index contributed by atoms with van der Waals surface area (Å²) < 4.78 is 22.8. The molecule has 2 aliphatic rings.